The summed E-state index contributed by atoms with van der Waals surface area (Å²) in [6.45, 7) is 0. The van der Waals surface area contributed by atoms with Crippen LogP contribution < -0.4 is 18.9 Å². The molecule has 0 unspecified atom stereocenters. The van der Waals surface area contributed by atoms with Crippen LogP contribution in [0.1, 0.15) is 0 Å². The summed E-state index contributed by atoms with van der Waals surface area (Å²) in [4.78, 5) is 7.59. The highest BCUT2D eigenvalue weighted by molar-refractivity contribution is 9.11. The molecular weight excluding hydrogens is 848 g/mol. The molecule has 8 bridgehead atoms. The summed E-state index contributed by atoms with van der Waals surface area (Å²) in [5.41, 5.74) is 0. The standard InChI is InChI=1S/C28H20Br4O4S4/c1-33-25-17-5-13(29)6-18(25)38-20-8-15(31)10-22(27(20)35-3)40-24-12-16(32)11-23(28(24)36-4)39-21-9-14(30)7-19(37-17)26(21)34-2/h5-12H,1-4H3. The van der Waals surface area contributed by atoms with Crippen LogP contribution in [0.25, 0.3) is 0 Å². The maximum absolute atomic E-state index is 6.01. The van der Waals surface area contributed by atoms with Crippen LogP contribution in [0.5, 0.6) is 23.0 Å². The summed E-state index contributed by atoms with van der Waals surface area (Å²) in [6.07, 6.45) is 0. The largest absolute Gasteiger partial charge is 0.494 e. The first-order valence-corrected chi connectivity index (χ1v) is 17.9. The van der Waals surface area contributed by atoms with E-state index in [1.165, 1.54) is 0 Å². The topological polar surface area (TPSA) is 36.9 Å². The van der Waals surface area contributed by atoms with Crippen LogP contribution in [-0.4, -0.2) is 28.4 Å². The van der Waals surface area contributed by atoms with Crippen molar-refractivity contribution in [2.24, 2.45) is 0 Å². The van der Waals surface area contributed by atoms with Gasteiger partial charge in [0.25, 0.3) is 0 Å². The Bertz CT molecular complexity index is 1290. The average Bonchev–Trinajstić information content (AvgIpc) is 2.88. The first kappa shape index (κ1) is 30.8. The average molecular weight is 868 g/mol. The zero-order valence-corrected chi connectivity index (χ0v) is 31.0. The fraction of sp³-hybridized carbons (Fsp3) is 0.143. The van der Waals surface area contributed by atoms with E-state index in [0.29, 0.717) is 0 Å². The third-order valence-corrected chi connectivity index (χ3v) is 11.7. The number of rotatable bonds is 4. The molecular formula is C28H20Br4O4S4. The predicted octanol–water partition coefficient (Wildman–Crippen LogP) is 11.7. The molecule has 12 heteroatoms. The Hall–Kier alpha value is -0.600. The van der Waals surface area contributed by atoms with E-state index in [1.54, 1.807) is 75.5 Å². The summed E-state index contributed by atoms with van der Waals surface area (Å²) < 4.78 is 27.8. The molecule has 0 N–H and O–H groups in total. The van der Waals surface area contributed by atoms with Gasteiger partial charge in [-0.2, -0.15) is 0 Å². The van der Waals surface area contributed by atoms with Gasteiger partial charge < -0.3 is 18.9 Å². The lowest BCUT2D eigenvalue weighted by molar-refractivity contribution is 0.389. The van der Waals surface area contributed by atoms with E-state index < -0.39 is 0 Å². The van der Waals surface area contributed by atoms with E-state index in [2.05, 4.69) is 112 Å². The van der Waals surface area contributed by atoms with Crippen LogP contribution in [0.15, 0.2) is 106 Å². The number of hydrogen-bond acceptors (Lipinski definition) is 8. The van der Waals surface area contributed by atoms with Crippen molar-refractivity contribution in [1.82, 2.24) is 0 Å². The lowest BCUT2D eigenvalue weighted by atomic mass is 10.3. The number of fused-ring (bicyclic) bond motifs is 8. The van der Waals surface area contributed by atoms with Gasteiger partial charge in [-0.05, 0) is 48.5 Å². The third kappa shape index (κ3) is 6.49. The fourth-order valence-electron chi connectivity index (χ4n) is 4.06. The van der Waals surface area contributed by atoms with Crippen LogP contribution in [0.4, 0.5) is 0 Å². The van der Waals surface area contributed by atoms with Gasteiger partial charge in [0.05, 0.1) is 67.6 Å². The van der Waals surface area contributed by atoms with Crippen LogP contribution >= 0.6 is 111 Å². The highest BCUT2D eigenvalue weighted by Gasteiger charge is 2.24. The molecule has 1 aliphatic rings. The minimum absolute atomic E-state index is 0.772. The van der Waals surface area contributed by atoms with E-state index in [9.17, 15) is 0 Å². The fourth-order valence-corrected chi connectivity index (χ4v) is 12.1. The molecule has 5 rings (SSSR count). The van der Waals surface area contributed by atoms with Gasteiger partial charge in [-0.3, -0.25) is 0 Å². The van der Waals surface area contributed by atoms with Crippen molar-refractivity contribution in [2.45, 2.75) is 39.2 Å². The van der Waals surface area contributed by atoms with Crippen molar-refractivity contribution < 1.29 is 18.9 Å². The molecule has 40 heavy (non-hydrogen) atoms. The Labute approximate surface area is 283 Å². The Balaban J connectivity index is 1.84. The third-order valence-electron chi connectivity index (χ3n) is 5.64. The summed E-state index contributed by atoms with van der Waals surface area (Å²) in [7, 11) is 6.80. The van der Waals surface area contributed by atoms with Crippen LogP contribution in [-0.2, 0) is 0 Å². The lowest BCUT2D eigenvalue weighted by Gasteiger charge is -2.20. The van der Waals surface area contributed by atoms with Gasteiger partial charge in [0.2, 0.25) is 0 Å². The molecule has 0 atom stereocenters. The minimum Gasteiger partial charge on any atom is -0.494 e. The van der Waals surface area contributed by atoms with E-state index in [-0.39, 0.29) is 0 Å². The summed E-state index contributed by atoms with van der Waals surface area (Å²) in [5, 5.41) is 0. The first-order valence-electron chi connectivity index (χ1n) is 11.5. The Morgan fingerprint density at radius 3 is 0.625 bits per heavy atom. The van der Waals surface area contributed by atoms with Gasteiger partial charge in [-0.1, -0.05) is 111 Å². The van der Waals surface area contributed by atoms with E-state index in [4.69, 9.17) is 18.9 Å². The molecule has 0 fully saturated rings. The Morgan fingerprint density at radius 2 is 0.500 bits per heavy atom. The van der Waals surface area contributed by atoms with Crippen molar-refractivity contribution in [3.8, 4) is 23.0 Å². The molecule has 4 aromatic rings. The van der Waals surface area contributed by atoms with Crippen molar-refractivity contribution in [1.29, 1.82) is 0 Å². The van der Waals surface area contributed by atoms with Gasteiger partial charge in [-0.25, -0.2) is 0 Å². The van der Waals surface area contributed by atoms with Crippen molar-refractivity contribution in [3.63, 3.8) is 0 Å². The van der Waals surface area contributed by atoms with Crippen LogP contribution in [0, 0.1) is 0 Å². The molecule has 4 aromatic carbocycles. The highest BCUT2D eigenvalue weighted by Crippen LogP contribution is 2.55. The molecule has 208 valence electrons. The zero-order chi connectivity index (χ0) is 28.6. The Kier molecular flexibility index (Phi) is 10.3. The molecule has 0 radical (unpaired) electrons. The minimum atomic E-state index is 0.772. The Morgan fingerprint density at radius 1 is 0.350 bits per heavy atom. The molecule has 1 heterocycles. The number of hydrogen-bond donors (Lipinski definition) is 0. The van der Waals surface area contributed by atoms with Gasteiger partial charge in [0.1, 0.15) is 23.0 Å². The second-order valence-electron chi connectivity index (χ2n) is 8.15. The molecule has 0 spiro atoms. The van der Waals surface area contributed by atoms with Crippen LogP contribution in [0.2, 0.25) is 0 Å². The van der Waals surface area contributed by atoms with E-state index in [1.807, 2.05) is 0 Å². The zero-order valence-electron chi connectivity index (χ0n) is 21.4. The van der Waals surface area contributed by atoms with E-state index >= 15 is 0 Å². The molecule has 0 saturated heterocycles. The van der Waals surface area contributed by atoms with Gasteiger partial charge in [0, 0.05) is 17.9 Å². The number of ether oxygens (including phenoxy) is 4. The van der Waals surface area contributed by atoms with Gasteiger partial charge in [-0.15, -0.1) is 0 Å². The molecule has 1 aliphatic heterocycles. The molecule has 0 saturated carbocycles. The van der Waals surface area contributed by atoms with Crippen molar-refractivity contribution >= 4 is 111 Å². The molecule has 0 aliphatic carbocycles. The van der Waals surface area contributed by atoms with Gasteiger partial charge >= 0.3 is 0 Å². The first-order chi connectivity index (χ1) is 19.2. The second-order valence-corrected chi connectivity index (χ2v) is 16.1. The quantitative estimate of drug-likeness (QED) is 0.177. The molecule has 4 nitrogen and oxygen atoms in total. The molecule has 0 amide bonds. The monoisotopic (exact) mass is 864 g/mol. The summed E-state index contributed by atoms with van der Waals surface area (Å²) >= 11 is 21.2. The normalized spacial score (nSPS) is 12.6. The number of halogens is 4. The number of methoxy groups -OCH3 is 4. The maximum atomic E-state index is 6.01. The van der Waals surface area contributed by atoms with Crippen LogP contribution in [0.3, 0.4) is 0 Å². The SMILES string of the molecule is COc1c2cc(Br)cc1Sc1cc(Br)cc(c1OC)Sc1cc(Br)cc(c1OC)Sc1cc(Br)cc(c1OC)S2. The molecule has 0 aromatic heterocycles. The summed E-state index contributed by atoms with van der Waals surface area (Å²) in [6, 6.07) is 16.5. The predicted molar refractivity (Wildman–Crippen MR) is 179 cm³/mol. The summed E-state index contributed by atoms with van der Waals surface area (Å²) in [5.74, 6) is 3.09. The second kappa shape index (κ2) is 13.4. The maximum Gasteiger partial charge on any atom is 0.146 e. The van der Waals surface area contributed by atoms with Gasteiger partial charge in [0.15, 0.2) is 0 Å². The lowest BCUT2D eigenvalue weighted by Crippen LogP contribution is -1.96. The van der Waals surface area contributed by atoms with E-state index in [0.717, 1.165) is 80.1 Å². The van der Waals surface area contributed by atoms with Crippen molar-refractivity contribution in [2.75, 3.05) is 28.4 Å². The smallest absolute Gasteiger partial charge is 0.146 e. The van der Waals surface area contributed by atoms with Crippen molar-refractivity contribution in [3.05, 3.63) is 66.4 Å². The number of benzene rings is 4. The highest BCUT2D eigenvalue weighted by atomic mass is 79.9.